The van der Waals surface area contributed by atoms with E-state index in [1.807, 2.05) is 0 Å². The van der Waals surface area contributed by atoms with Crippen molar-refractivity contribution in [2.24, 2.45) is 52.3 Å². The molecule has 0 aromatic rings. The lowest BCUT2D eigenvalue weighted by molar-refractivity contribution is -0.0620. The van der Waals surface area contributed by atoms with Crippen molar-refractivity contribution in [3.8, 4) is 0 Å². The van der Waals surface area contributed by atoms with Gasteiger partial charge in [-0.05, 0) is 97.2 Å². The van der Waals surface area contributed by atoms with Crippen LogP contribution in [0.4, 0.5) is 4.79 Å². The predicted octanol–water partition coefficient (Wildman–Crippen LogP) is 9.21. The van der Waals surface area contributed by atoms with Gasteiger partial charge < -0.3 is 9.47 Å². The zero-order valence-corrected chi connectivity index (χ0v) is 23.9. The Kier molecular flexibility index (Phi) is 8.33. The molecule has 0 amide bonds. The zero-order chi connectivity index (χ0) is 25.4. The maximum Gasteiger partial charge on any atom is 0.508 e. The Morgan fingerprint density at radius 3 is 2.46 bits per heavy atom. The standard InChI is InChI=1S/C32H54O3/c1-21(2)9-8-10-23(5)27-13-14-28-26-12-11-24-19-25(35-30(33)34-20-22(3)4)15-17-31(24,6)29(26)16-18-32(27,28)7/h11,21-23,25-29H,8-10,12-20H2,1-7H3/t23?,25?,26?,27?,28?,29?,31-,32+/m0/s1. The van der Waals surface area contributed by atoms with E-state index in [9.17, 15) is 4.79 Å². The van der Waals surface area contributed by atoms with Gasteiger partial charge in [0.1, 0.15) is 6.10 Å². The minimum atomic E-state index is -0.477. The summed E-state index contributed by atoms with van der Waals surface area (Å²) in [5.41, 5.74) is 2.42. The van der Waals surface area contributed by atoms with Gasteiger partial charge in [0.15, 0.2) is 0 Å². The fourth-order valence-corrected chi connectivity index (χ4v) is 9.16. The highest BCUT2D eigenvalue weighted by molar-refractivity contribution is 5.60. The molecule has 0 aliphatic heterocycles. The van der Waals surface area contributed by atoms with Gasteiger partial charge in [-0.1, -0.05) is 79.4 Å². The van der Waals surface area contributed by atoms with Crippen molar-refractivity contribution in [2.45, 2.75) is 125 Å². The van der Waals surface area contributed by atoms with E-state index in [1.54, 1.807) is 5.57 Å². The van der Waals surface area contributed by atoms with Crippen LogP contribution < -0.4 is 0 Å². The van der Waals surface area contributed by atoms with E-state index in [2.05, 4.69) is 54.5 Å². The summed E-state index contributed by atoms with van der Waals surface area (Å²) in [6.07, 6.45) is 16.3. The molecule has 0 spiro atoms. The van der Waals surface area contributed by atoms with Crippen molar-refractivity contribution in [2.75, 3.05) is 6.61 Å². The molecule has 3 heteroatoms. The monoisotopic (exact) mass is 486 g/mol. The van der Waals surface area contributed by atoms with Crippen molar-refractivity contribution in [1.29, 1.82) is 0 Å². The van der Waals surface area contributed by atoms with E-state index in [4.69, 9.17) is 9.47 Å². The Labute approximate surface area is 216 Å². The molecule has 4 aliphatic carbocycles. The fraction of sp³-hybridized carbons (Fsp3) is 0.906. The zero-order valence-electron chi connectivity index (χ0n) is 23.9. The molecule has 0 radical (unpaired) electrons. The largest absolute Gasteiger partial charge is 0.508 e. The van der Waals surface area contributed by atoms with Crippen molar-refractivity contribution in [3.63, 3.8) is 0 Å². The van der Waals surface area contributed by atoms with Gasteiger partial charge in [0.25, 0.3) is 0 Å². The van der Waals surface area contributed by atoms with Crippen LogP contribution >= 0.6 is 0 Å². The Balaban J connectivity index is 1.40. The van der Waals surface area contributed by atoms with Crippen molar-refractivity contribution < 1.29 is 14.3 Å². The van der Waals surface area contributed by atoms with Gasteiger partial charge in [0.2, 0.25) is 0 Å². The Morgan fingerprint density at radius 2 is 1.74 bits per heavy atom. The maximum absolute atomic E-state index is 12.2. The number of carbonyl (C=O) groups is 1. The van der Waals surface area contributed by atoms with Gasteiger partial charge in [-0.15, -0.1) is 0 Å². The van der Waals surface area contributed by atoms with Gasteiger partial charge in [-0.2, -0.15) is 0 Å². The summed E-state index contributed by atoms with van der Waals surface area (Å²) in [6.45, 7) is 17.1. The number of hydrogen-bond acceptors (Lipinski definition) is 3. The van der Waals surface area contributed by atoms with Crippen LogP contribution in [0, 0.1) is 52.3 Å². The second-order valence-electron chi connectivity index (χ2n) is 14.2. The molecule has 200 valence electrons. The normalized spacial score (nSPS) is 39.5. The summed E-state index contributed by atoms with van der Waals surface area (Å²) < 4.78 is 11.0. The van der Waals surface area contributed by atoms with Gasteiger partial charge in [-0.25, -0.2) is 4.79 Å². The molecule has 0 saturated heterocycles. The second kappa shape index (κ2) is 10.8. The minimum Gasteiger partial charge on any atom is -0.434 e. The summed E-state index contributed by atoms with van der Waals surface area (Å²) in [4.78, 5) is 12.2. The number of fused-ring (bicyclic) bond motifs is 5. The molecule has 0 aromatic carbocycles. The molecular formula is C32H54O3. The first kappa shape index (κ1) is 27.1. The van der Waals surface area contributed by atoms with Crippen molar-refractivity contribution in [1.82, 2.24) is 0 Å². The van der Waals surface area contributed by atoms with E-state index in [-0.39, 0.29) is 6.10 Å². The van der Waals surface area contributed by atoms with Crippen LogP contribution in [0.5, 0.6) is 0 Å². The highest BCUT2D eigenvalue weighted by Gasteiger charge is 2.59. The number of hydrogen-bond donors (Lipinski definition) is 0. The van der Waals surface area contributed by atoms with E-state index in [0.717, 1.165) is 54.8 Å². The average Bonchev–Trinajstić information content (AvgIpc) is 3.15. The number of allylic oxidation sites excluding steroid dienone is 1. The van der Waals surface area contributed by atoms with E-state index >= 15 is 0 Å². The summed E-state index contributed by atoms with van der Waals surface area (Å²) in [5, 5.41) is 0. The lowest BCUT2D eigenvalue weighted by Crippen LogP contribution is -2.51. The molecular weight excluding hydrogens is 432 g/mol. The van der Waals surface area contributed by atoms with Crippen LogP contribution in [0.2, 0.25) is 0 Å². The molecule has 0 heterocycles. The molecule has 4 rings (SSSR count). The van der Waals surface area contributed by atoms with Gasteiger partial charge in [0.05, 0.1) is 6.61 Å². The average molecular weight is 487 g/mol. The molecule has 0 aromatic heterocycles. The first-order chi connectivity index (χ1) is 16.5. The smallest absolute Gasteiger partial charge is 0.434 e. The van der Waals surface area contributed by atoms with Crippen LogP contribution in [0.25, 0.3) is 0 Å². The SMILES string of the molecule is CC(C)CCCC(C)C1CCC2C3CC=C4CC(OC(=O)OCC(C)C)CC[C@]4(C)C3CC[C@]12C. The van der Waals surface area contributed by atoms with E-state index < -0.39 is 6.16 Å². The number of carbonyl (C=O) groups excluding carboxylic acids is 1. The van der Waals surface area contributed by atoms with Crippen LogP contribution in [-0.2, 0) is 9.47 Å². The Hall–Kier alpha value is -0.990. The minimum absolute atomic E-state index is 0.0121. The molecule has 35 heavy (non-hydrogen) atoms. The first-order valence-corrected chi connectivity index (χ1v) is 15.1. The summed E-state index contributed by atoms with van der Waals surface area (Å²) >= 11 is 0. The van der Waals surface area contributed by atoms with Crippen molar-refractivity contribution in [3.05, 3.63) is 11.6 Å². The topological polar surface area (TPSA) is 35.5 Å². The maximum atomic E-state index is 12.2. The quantitative estimate of drug-likeness (QED) is 0.253. The molecule has 3 fully saturated rings. The van der Waals surface area contributed by atoms with Crippen LogP contribution in [0.1, 0.15) is 119 Å². The number of ether oxygens (including phenoxy) is 2. The summed E-state index contributed by atoms with van der Waals surface area (Å²) in [6, 6.07) is 0. The van der Waals surface area contributed by atoms with Crippen LogP contribution in [-0.4, -0.2) is 18.9 Å². The van der Waals surface area contributed by atoms with Crippen LogP contribution in [0.3, 0.4) is 0 Å². The summed E-state index contributed by atoms with van der Waals surface area (Å²) in [5.74, 6) is 5.51. The van der Waals surface area contributed by atoms with Gasteiger partial charge >= 0.3 is 6.16 Å². The molecule has 3 nitrogen and oxygen atoms in total. The number of rotatable bonds is 8. The molecule has 8 atom stereocenters. The molecule has 4 aliphatic rings. The third-order valence-corrected chi connectivity index (χ3v) is 11.1. The van der Waals surface area contributed by atoms with E-state index in [0.29, 0.717) is 23.4 Å². The predicted molar refractivity (Wildman–Crippen MR) is 144 cm³/mol. The molecule has 6 unspecified atom stereocenters. The lowest BCUT2D eigenvalue weighted by Gasteiger charge is -2.58. The second-order valence-corrected chi connectivity index (χ2v) is 14.2. The van der Waals surface area contributed by atoms with Crippen molar-refractivity contribution >= 4 is 6.16 Å². The van der Waals surface area contributed by atoms with Gasteiger partial charge in [0, 0.05) is 6.42 Å². The molecule has 0 N–H and O–H groups in total. The Morgan fingerprint density at radius 1 is 0.971 bits per heavy atom. The third kappa shape index (κ3) is 5.49. The first-order valence-electron chi connectivity index (χ1n) is 15.1. The van der Waals surface area contributed by atoms with E-state index in [1.165, 1.54) is 51.4 Å². The van der Waals surface area contributed by atoms with Crippen LogP contribution in [0.15, 0.2) is 11.6 Å². The highest BCUT2D eigenvalue weighted by Crippen LogP contribution is 2.67. The molecule has 3 saturated carbocycles. The third-order valence-electron chi connectivity index (χ3n) is 11.1. The fourth-order valence-electron chi connectivity index (χ4n) is 9.16. The molecule has 0 bridgehead atoms. The summed E-state index contributed by atoms with van der Waals surface area (Å²) in [7, 11) is 0. The van der Waals surface area contributed by atoms with Gasteiger partial charge in [-0.3, -0.25) is 0 Å². The highest BCUT2D eigenvalue weighted by atomic mass is 16.7. The Bertz CT molecular complexity index is 769. The lowest BCUT2D eigenvalue weighted by atomic mass is 9.47.